The summed E-state index contributed by atoms with van der Waals surface area (Å²) in [7, 11) is 0. The number of anilines is 1. The van der Waals surface area contributed by atoms with Crippen LogP contribution in [0.1, 0.15) is 5.56 Å². The van der Waals surface area contributed by atoms with Crippen molar-refractivity contribution < 1.29 is 23.9 Å². The van der Waals surface area contributed by atoms with Crippen LogP contribution in [0.4, 0.5) is 10.5 Å². The lowest BCUT2D eigenvalue weighted by Gasteiger charge is -2.28. The van der Waals surface area contributed by atoms with Crippen molar-refractivity contribution in [3.05, 3.63) is 64.0 Å². The zero-order valence-corrected chi connectivity index (χ0v) is 18.3. The summed E-state index contributed by atoms with van der Waals surface area (Å²) in [4.78, 5) is 52.1. The molecule has 1 N–H and O–H groups in total. The maximum Gasteiger partial charge on any atom is 0.293 e. The van der Waals surface area contributed by atoms with E-state index in [0.29, 0.717) is 21.4 Å². The minimum Gasteiger partial charge on any atom is -0.482 e. The molecule has 2 aromatic rings. The number of carbonyl (C=O) groups is 4. The summed E-state index contributed by atoms with van der Waals surface area (Å²) in [5, 5.41) is 2.83. The summed E-state index contributed by atoms with van der Waals surface area (Å²) in [5.41, 5.74) is 1.28. The van der Waals surface area contributed by atoms with Crippen LogP contribution in [0.15, 0.2) is 53.4 Å². The molecule has 1 fully saturated rings. The molecule has 2 aliphatic heterocycles. The summed E-state index contributed by atoms with van der Waals surface area (Å²) in [6.07, 6.45) is 1.63. The predicted octanol–water partition coefficient (Wildman–Crippen LogP) is 2.92. The van der Waals surface area contributed by atoms with Crippen molar-refractivity contribution in [3.8, 4) is 5.75 Å². The average Bonchev–Trinajstić information content (AvgIpc) is 3.04. The molecular formula is C22H18ClN3O5S. The van der Waals surface area contributed by atoms with Crippen molar-refractivity contribution in [2.24, 2.45) is 0 Å². The summed E-state index contributed by atoms with van der Waals surface area (Å²) in [5.74, 6) is -0.609. The number of rotatable bonds is 6. The van der Waals surface area contributed by atoms with Crippen LogP contribution < -0.4 is 15.0 Å². The first kappa shape index (κ1) is 21.9. The molecule has 1 saturated heterocycles. The number of nitrogens with zero attached hydrogens (tertiary/aromatic N) is 2. The minimum absolute atomic E-state index is 0.0298. The number of thioether (sulfide) groups is 1. The summed E-state index contributed by atoms with van der Waals surface area (Å²) >= 11 is 6.71. The second-order valence-electron chi connectivity index (χ2n) is 6.97. The molecule has 0 aliphatic carbocycles. The Morgan fingerprint density at radius 1 is 1.09 bits per heavy atom. The van der Waals surface area contributed by atoms with Gasteiger partial charge in [-0.3, -0.25) is 29.0 Å². The zero-order chi connectivity index (χ0) is 22.7. The Labute approximate surface area is 193 Å². The number of fused-ring (bicyclic) bond motifs is 1. The van der Waals surface area contributed by atoms with E-state index in [4.69, 9.17) is 16.3 Å². The van der Waals surface area contributed by atoms with E-state index in [-0.39, 0.29) is 32.1 Å². The van der Waals surface area contributed by atoms with E-state index in [1.54, 1.807) is 54.6 Å². The average molecular weight is 472 g/mol. The molecule has 0 radical (unpaired) electrons. The van der Waals surface area contributed by atoms with Gasteiger partial charge in [0.1, 0.15) is 12.3 Å². The fourth-order valence-corrected chi connectivity index (χ4v) is 4.23. The van der Waals surface area contributed by atoms with Crippen LogP contribution in [-0.4, -0.2) is 54.1 Å². The second-order valence-corrected chi connectivity index (χ2v) is 8.40. The number of hydrogen-bond acceptors (Lipinski definition) is 6. The molecule has 0 bridgehead atoms. The van der Waals surface area contributed by atoms with E-state index < -0.39 is 17.1 Å². The maximum absolute atomic E-state index is 12.6. The van der Waals surface area contributed by atoms with E-state index in [0.717, 1.165) is 22.2 Å². The first-order valence-corrected chi connectivity index (χ1v) is 10.9. The largest absolute Gasteiger partial charge is 0.482 e. The van der Waals surface area contributed by atoms with Gasteiger partial charge in [0.15, 0.2) is 6.61 Å². The van der Waals surface area contributed by atoms with Gasteiger partial charge in [0, 0.05) is 18.1 Å². The Morgan fingerprint density at radius 2 is 1.84 bits per heavy atom. The fourth-order valence-electron chi connectivity index (χ4n) is 3.24. The molecule has 0 aromatic heterocycles. The van der Waals surface area contributed by atoms with Crippen LogP contribution in [-0.2, 0) is 14.4 Å². The van der Waals surface area contributed by atoms with Gasteiger partial charge in [-0.05, 0) is 47.7 Å². The number of imide groups is 1. The molecule has 0 atom stereocenters. The molecule has 32 heavy (non-hydrogen) atoms. The molecule has 0 saturated carbocycles. The Bertz CT molecular complexity index is 1120. The fraction of sp³-hybridized carbons (Fsp3) is 0.182. The summed E-state index contributed by atoms with van der Waals surface area (Å²) < 4.78 is 5.36. The van der Waals surface area contributed by atoms with Crippen molar-refractivity contribution in [2.75, 3.05) is 31.1 Å². The lowest BCUT2D eigenvalue weighted by Crippen LogP contribution is -2.46. The topological polar surface area (TPSA) is 96.0 Å². The van der Waals surface area contributed by atoms with E-state index in [1.165, 1.54) is 4.90 Å². The normalized spacial score (nSPS) is 16.9. The molecule has 0 spiro atoms. The number of nitrogens with one attached hydrogen (secondary N) is 1. The summed E-state index contributed by atoms with van der Waals surface area (Å²) in [6.45, 7) is -0.216. The number of ether oxygens (including phenoxy) is 1. The summed E-state index contributed by atoms with van der Waals surface area (Å²) in [6, 6.07) is 13.9. The molecule has 4 amide bonds. The molecule has 2 aromatic carbocycles. The monoisotopic (exact) mass is 471 g/mol. The van der Waals surface area contributed by atoms with Crippen LogP contribution in [0.2, 0.25) is 5.02 Å². The molecule has 4 rings (SSSR count). The smallest absolute Gasteiger partial charge is 0.293 e. The lowest BCUT2D eigenvalue weighted by molar-refractivity contribution is -0.125. The molecule has 164 valence electrons. The van der Waals surface area contributed by atoms with Crippen LogP contribution in [0, 0.1) is 0 Å². The molecule has 10 heteroatoms. The van der Waals surface area contributed by atoms with Crippen molar-refractivity contribution in [1.29, 1.82) is 0 Å². The molecule has 8 nitrogen and oxygen atoms in total. The molecule has 2 heterocycles. The minimum atomic E-state index is -0.415. The van der Waals surface area contributed by atoms with Crippen LogP contribution in [0.25, 0.3) is 6.08 Å². The maximum atomic E-state index is 12.6. The lowest BCUT2D eigenvalue weighted by atomic mass is 10.2. The van der Waals surface area contributed by atoms with Crippen LogP contribution in [0.5, 0.6) is 5.75 Å². The van der Waals surface area contributed by atoms with Crippen LogP contribution in [0.3, 0.4) is 0 Å². The molecule has 0 unspecified atom stereocenters. The van der Waals surface area contributed by atoms with Gasteiger partial charge in [0.2, 0.25) is 5.91 Å². The Morgan fingerprint density at radius 3 is 2.62 bits per heavy atom. The molecule has 2 aliphatic rings. The van der Waals surface area contributed by atoms with E-state index in [2.05, 4.69) is 5.32 Å². The van der Waals surface area contributed by atoms with Crippen molar-refractivity contribution in [3.63, 3.8) is 0 Å². The van der Waals surface area contributed by atoms with Gasteiger partial charge in [-0.2, -0.15) is 0 Å². The van der Waals surface area contributed by atoms with Crippen molar-refractivity contribution >= 4 is 58.1 Å². The van der Waals surface area contributed by atoms with Gasteiger partial charge in [0.05, 0.1) is 10.6 Å². The SMILES string of the molecule is O=C(CN1C(=O)COc2ccccc21)NCCN1C(=O)S/C(=C\c2ccc(Cl)cc2)C1=O. The third kappa shape index (κ3) is 4.79. The first-order valence-electron chi connectivity index (χ1n) is 9.72. The van der Waals surface area contributed by atoms with Crippen LogP contribution >= 0.6 is 23.4 Å². The number of para-hydroxylation sites is 2. The third-order valence-electron chi connectivity index (χ3n) is 4.81. The van der Waals surface area contributed by atoms with E-state index in [9.17, 15) is 19.2 Å². The molecular weight excluding hydrogens is 454 g/mol. The Hall–Kier alpha value is -3.30. The Balaban J connectivity index is 1.32. The number of benzene rings is 2. The zero-order valence-electron chi connectivity index (χ0n) is 16.7. The standard InChI is InChI=1S/C22H18ClN3O5S/c23-15-7-5-14(6-8-15)11-18-21(29)25(22(30)32-18)10-9-24-19(27)12-26-16-3-1-2-4-17(16)31-13-20(26)28/h1-8,11H,9-10,12-13H2,(H,24,27)/b18-11-. The highest BCUT2D eigenvalue weighted by Crippen LogP contribution is 2.32. The van der Waals surface area contributed by atoms with Gasteiger partial charge in [-0.15, -0.1) is 0 Å². The van der Waals surface area contributed by atoms with E-state index >= 15 is 0 Å². The number of carbonyl (C=O) groups excluding carboxylic acids is 4. The Kier molecular flexibility index (Phi) is 6.48. The van der Waals surface area contributed by atoms with Gasteiger partial charge >= 0.3 is 0 Å². The van der Waals surface area contributed by atoms with Gasteiger partial charge < -0.3 is 10.1 Å². The van der Waals surface area contributed by atoms with E-state index in [1.807, 2.05) is 0 Å². The number of hydrogen-bond donors (Lipinski definition) is 1. The third-order valence-corrected chi connectivity index (χ3v) is 5.97. The van der Waals surface area contributed by atoms with Crippen molar-refractivity contribution in [2.45, 2.75) is 0 Å². The second kappa shape index (κ2) is 9.46. The highest BCUT2D eigenvalue weighted by molar-refractivity contribution is 8.18. The quantitative estimate of drug-likeness (QED) is 0.651. The predicted molar refractivity (Wildman–Crippen MR) is 121 cm³/mol. The van der Waals surface area contributed by atoms with Gasteiger partial charge in [0.25, 0.3) is 17.1 Å². The van der Waals surface area contributed by atoms with Gasteiger partial charge in [-0.25, -0.2) is 0 Å². The van der Waals surface area contributed by atoms with Gasteiger partial charge in [-0.1, -0.05) is 35.9 Å². The highest BCUT2D eigenvalue weighted by atomic mass is 35.5. The highest BCUT2D eigenvalue weighted by Gasteiger charge is 2.34. The number of halogens is 1. The van der Waals surface area contributed by atoms with Crippen molar-refractivity contribution in [1.82, 2.24) is 10.2 Å². The number of amides is 4. The first-order chi connectivity index (χ1) is 15.4.